The Morgan fingerprint density at radius 2 is 2.29 bits per heavy atom. The predicted octanol–water partition coefficient (Wildman–Crippen LogP) is 2.14. The van der Waals surface area contributed by atoms with Gasteiger partial charge in [0.25, 0.3) is 5.69 Å². The van der Waals surface area contributed by atoms with Crippen LogP contribution in [0.15, 0.2) is 24.3 Å². The second kappa shape index (κ2) is 3.14. The molecule has 0 N–H and O–H groups in total. The normalized spacial score (nSPS) is 13.4. The Balaban J connectivity index is 2.54. The molecule has 4 heteroatoms. The number of fused-ring (bicyclic) bond motifs is 1. The maximum atomic E-state index is 10.7. The minimum absolute atomic E-state index is 0.172. The maximum absolute atomic E-state index is 10.7. The van der Waals surface area contributed by atoms with E-state index >= 15 is 0 Å². The molecule has 1 aliphatic rings. The van der Waals surface area contributed by atoms with Gasteiger partial charge < -0.3 is 4.74 Å². The highest BCUT2D eigenvalue weighted by molar-refractivity contribution is 5.72. The van der Waals surface area contributed by atoms with E-state index in [2.05, 4.69) is 0 Å². The summed E-state index contributed by atoms with van der Waals surface area (Å²) in [6.45, 7) is 0. The van der Waals surface area contributed by atoms with Crippen LogP contribution in [0, 0.1) is 10.1 Å². The Morgan fingerprint density at radius 3 is 2.93 bits per heavy atom. The SMILES string of the molecule is COC1=CCc2c1cccc2[N+](=O)[O-]. The fourth-order valence-electron chi connectivity index (χ4n) is 1.69. The number of methoxy groups -OCH3 is 1. The Hall–Kier alpha value is -1.84. The van der Waals surface area contributed by atoms with Crippen LogP contribution in [0.5, 0.6) is 0 Å². The first-order valence-corrected chi connectivity index (χ1v) is 4.25. The van der Waals surface area contributed by atoms with E-state index < -0.39 is 0 Å². The molecule has 72 valence electrons. The molecule has 2 rings (SSSR count). The lowest BCUT2D eigenvalue weighted by Crippen LogP contribution is -1.95. The van der Waals surface area contributed by atoms with E-state index in [0.29, 0.717) is 6.42 Å². The first kappa shape index (κ1) is 8.74. The van der Waals surface area contributed by atoms with Gasteiger partial charge in [-0.15, -0.1) is 0 Å². The highest BCUT2D eigenvalue weighted by Crippen LogP contribution is 2.33. The molecule has 0 fully saturated rings. The molecule has 0 heterocycles. The first-order valence-electron chi connectivity index (χ1n) is 4.25. The number of hydrogen-bond donors (Lipinski definition) is 0. The Morgan fingerprint density at radius 1 is 1.50 bits per heavy atom. The standard InChI is InChI=1S/C10H9NO3/c1-14-10-6-5-7-8(10)3-2-4-9(7)11(12)13/h2-4,6H,5H2,1H3. The highest BCUT2D eigenvalue weighted by Gasteiger charge is 2.23. The van der Waals surface area contributed by atoms with Gasteiger partial charge in [0.1, 0.15) is 5.76 Å². The summed E-state index contributed by atoms with van der Waals surface area (Å²) in [6, 6.07) is 5.03. The van der Waals surface area contributed by atoms with Crippen molar-refractivity contribution in [2.75, 3.05) is 7.11 Å². The monoisotopic (exact) mass is 191 g/mol. The lowest BCUT2D eigenvalue weighted by molar-refractivity contribution is -0.385. The Labute approximate surface area is 81.0 Å². The van der Waals surface area contributed by atoms with Gasteiger partial charge in [0.15, 0.2) is 0 Å². The number of nitro groups is 1. The van der Waals surface area contributed by atoms with Crippen molar-refractivity contribution < 1.29 is 9.66 Å². The van der Waals surface area contributed by atoms with Crippen molar-refractivity contribution in [3.05, 3.63) is 45.5 Å². The third-order valence-electron chi connectivity index (χ3n) is 2.32. The lowest BCUT2D eigenvalue weighted by atomic mass is 10.1. The molecular weight excluding hydrogens is 182 g/mol. The fraction of sp³-hybridized carbons (Fsp3) is 0.200. The first-order chi connectivity index (χ1) is 6.74. The van der Waals surface area contributed by atoms with E-state index in [1.807, 2.05) is 12.1 Å². The third-order valence-corrected chi connectivity index (χ3v) is 2.32. The predicted molar refractivity (Wildman–Crippen MR) is 51.8 cm³/mol. The zero-order chi connectivity index (χ0) is 10.1. The molecule has 0 atom stereocenters. The van der Waals surface area contributed by atoms with Gasteiger partial charge in [-0.05, 0) is 6.08 Å². The van der Waals surface area contributed by atoms with E-state index in [4.69, 9.17) is 4.74 Å². The molecule has 0 aliphatic heterocycles. The molecule has 0 amide bonds. The molecule has 0 spiro atoms. The molecule has 0 radical (unpaired) electrons. The molecule has 1 aromatic carbocycles. The molecular formula is C10H9NO3. The topological polar surface area (TPSA) is 52.4 Å². The summed E-state index contributed by atoms with van der Waals surface area (Å²) in [7, 11) is 1.57. The van der Waals surface area contributed by atoms with E-state index in [1.165, 1.54) is 6.07 Å². The second-order valence-electron chi connectivity index (χ2n) is 3.04. The molecule has 0 aromatic heterocycles. The molecule has 0 saturated carbocycles. The number of hydrogen-bond acceptors (Lipinski definition) is 3. The van der Waals surface area contributed by atoms with Gasteiger partial charge in [0.2, 0.25) is 0 Å². The largest absolute Gasteiger partial charge is 0.496 e. The average molecular weight is 191 g/mol. The van der Waals surface area contributed by atoms with Crippen molar-refractivity contribution in [2.24, 2.45) is 0 Å². The van der Waals surface area contributed by atoms with Crippen molar-refractivity contribution in [3.63, 3.8) is 0 Å². The van der Waals surface area contributed by atoms with Crippen LogP contribution in [-0.2, 0) is 11.2 Å². The second-order valence-corrected chi connectivity index (χ2v) is 3.04. The minimum atomic E-state index is -0.356. The van der Waals surface area contributed by atoms with Crippen LogP contribution in [0.2, 0.25) is 0 Å². The van der Waals surface area contributed by atoms with Gasteiger partial charge in [-0.1, -0.05) is 12.1 Å². The smallest absolute Gasteiger partial charge is 0.273 e. The molecule has 1 aromatic rings. The minimum Gasteiger partial charge on any atom is -0.496 e. The lowest BCUT2D eigenvalue weighted by Gasteiger charge is -2.03. The molecule has 4 nitrogen and oxygen atoms in total. The number of allylic oxidation sites excluding steroid dienone is 1. The van der Waals surface area contributed by atoms with Crippen LogP contribution in [0.25, 0.3) is 5.76 Å². The molecule has 14 heavy (non-hydrogen) atoms. The molecule has 1 aliphatic carbocycles. The van der Waals surface area contributed by atoms with Crippen LogP contribution in [0.3, 0.4) is 0 Å². The third kappa shape index (κ3) is 1.16. The summed E-state index contributed by atoms with van der Waals surface area (Å²) in [5.41, 5.74) is 1.75. The highest BCUT2D eigenvalue weighted by atomic mass is 16.6. The van der Waals surface area contributed by atoms with E-state index in [-0.39, 0.29) is 10.6 Å². The van der Waals surface area contributed by atoms with Crippen molar-refractivity contribution in [2.45, 2.75) is 6.42 Å². The Bertz CT molecular complexity index is 423. The quantitative estimate of drug-likeness (QED) is 0.531. The van der Waals surface area contributed by atoms with Crippen molar-refractivity contribution in [1.29, 1.82) is 0 Å². The Kier molecular flexibility index (Phi) is 1.96. The van der Waals surface area contributed by atoms with E-state index in [9.17, 15) is 10.1 Å². The fourth-order valence-corrected chi connectivity index (χ4v) is 1.69. The summed E-state index contributed by atoms with van der Waals surface area (Å²) in [6.07, 6.45) is 2.44. The van der Waals surface area contributed by atoms with Gasteiger partial charge in [0.05, 0.1) is 12.0 Å². The van der Waals surface area contributed by atoms with Gasteiger partial charge in [-0.3, -0.25) is 10.1 Å². The number of rotatable bonds is 2. The zero-order valence-corrected chi connectivity index (χ0v) is 7.69. The molecule has 0 bridgehead atoms. The number of nitrogens with zero attached hydrogens (tertiary/aromatic N) is 1. The summed E-state index contributed by atoms with van der Waals surface area (Å²) in [4.78, 5) is 10.3. The van der Waals surface area contributed by atoms with E-state index in [1.54, 1.807) is 13.2 Å². The van der Waals surface area contributed by atoms with Gasteiger partial charge in [-0.25, -0.2) is 0 Å². The summed E-state index contributed by atoms with van der Waals surface area (Å²) in [5, 5.41) is 10.7. The van der Waals surface area contributed by atoms with Crippen LogP contribution in [0.4, 0.5) is 5.69 Å². The average Bonchev–Trinajstić information content (AvgIpc) is 2.59. The molecule has 0 unspecified atom stereocenters. The number of benzene rings is 1. The summed E-state index contributed by atoms with van der Waals surface area (Å²) < 4.78 is 5.11. The van der Waals surface area contributed by atoms with Crippen LogP contribution in [0.1, 0.15) is 11.1 Å². The van der Waals surface area contributed by atoms with Crippen LogP contribution in [-0.4, -0.2) is 12.0 Å². The van der Waals surface area contributed by atoms with Gasteiger partial charge >= 0.3 is 0 Å². The van der Waals surface area contributed by atoms with Crippen LogP contribution < -0.4 is 0 Å². The van der Waals surface area contributed by atoms with Crippen molar-refractivity contribution in [1.82, 2.24) is 0 Å². The summed E-state index contributed by atoms with van der Waals surface area (Å²) >= 11 is 0. The van der Waals surface area contributed by atoms with Crippen molar-refractivity contribution >= 4 is 11.4 Å². The number of nitro benzene ring substituents is 1. The van der Waals surface area contributed by atoms with Gasteiger partial charge in [0, 0.05) is 23.6 Å². The van der Waals surface area contributed by atoms with E-state index in [0.717, 1.165) is 16.9 Å². The maximum Gasteiger partial charge on any atom is 0.273 e. The summed E-state index contributed by atoms with van der Waals surface area (Å²) in [5.74, 6) is 0.726. The molecule has 0 saturated heterocycles. The van der Waals surface area contributed by atoms with Crippen molar-refractivity contribution in [3.8, 4) is 0 Å². The number of ether oxygens (including phenoxy) is 1. The van der Waals surface area contributed by atoms with Crippen LogP contribution >= 0.6 is 0 Å². The van der Waals surface area contributed by atoms with Gasteiger partial charge in [-0.2, -0.15) is 0 Å². The zero-order valence-electron chi connectivity index (χ0n) is 7.69.